The van der Waals surface area contributed by atoms with E-state index in [-0.39, 0.29) is 0 Å². The van der Waals surface area contributed by atoms with Gasteiger partial charge in [-0.3, -0.25) is 0 Å². The molecular weight excluding hydrogens is 252 g/mol. The molecule has 0 fully saturated rings. The summed E-state index contributed by atoms with van der Waals surface area (Å²) in [5.74, 6) is 1.50. The first kappa shape index (κ1) is 14.0. The van der Waals surface area contributed by atoms with Gasteiger partial charge in [-0.2, -0.15) is 0 Å². The van der Waals surface area contributed by atoms with Crippen molar-refractivity contribution in [2.75, 3.05) is 5.75 Å². The van der Waals surface area contributed by atoms with Gasteiger partial charge in [-0.25, -0.2) is 0 Å². The third kappa shape index (κ3) is 4.32. The Morgan fingerprint density at radius 1 is 1.00 bits per heavy atom. The van der Waals surface area contributed by atoms with Crippen molar-refractivity contribution in [2.45, 2.75) is 31.1 Å². The zero-order chi connectivity index (χ0) is 13.5. The molecule has 0 saturated heterocycles. The van der Waals surface area contributed by atoms with Gasteiger partial charge in [0.05, 0.1) is 0 Å². The highest BCUT2D eigenvalue weighted by Gasteiger charge is 2.02. The Hall–Kier alpha value is -1.41. The summed E-state index contributed by atoms with van der Waals surface area (Å²) in [6.07, 6.45) is 3.08. The molecule has 0 aromatic heterocycles. The zero-order valence-electron chi connectivity index (χ0n) is 11.3. The van der Waals surface area contributed by atoms with Crippen LogP contribution in [-0.2, 0) is 12.8 Å². The first-order chi connectivity index (χ1) is 9.29. The van der Waals surface area contributed by atoms with Gasteiger partial charge < -0.3 is 5.11 Å². The fourth-order valence-corrected chi connectivity index (χ4v) is 3.02. The van der Waals surface area contributed by atoms with E-state index in [1.807, 2.05) is 30.0 Å². The van der Waals surface area contributed by atoms with Gasteiger partial charge in [-0.05, 0) is 42.2 Å². The van der Waals surface area contributed by atoms with E-state index in [4.69, 9.17) is 0 Å². The van der Waals surface area contributed by atoms with Gasteiger partial charge in [-0.15, -0.1) is 11.8 Å². The number of hydrogen-bond acceptors (Lipinski definition) is 2. The lowest BCUT2D eigenvalue weighted by atomic mass is 10.1. The van der Waals surface area contributed by atoms with Crippen LogP contribution in [0.1, 0.15) is 24.5 Å². The van der Waals surface area contributed by atoms with Crippen molar-refractivity contribution < 1.29 is 5.11 Å². The van der Waals surface area contributed by atoms with Gasteiger partial charge in [0, 0.05) is 10.6 Å². The molecule has 0 atom stereocenters. The molecule has 1 nitrogen and oxygen atoms in total. The van der Waals surface area contributed by atoms with Crippen LogP contribution >= 0.6 is 11.8 Å². The van der Waals surface area contributed by atoms with Crippen molar-refractivity contribution in [3.8, 4) is 5.75 Å². The highest BCUT2D eigenvalue weighted by atomic mass is 32.2. The maximum Gasteiger partial charge on any atom is 0.118 e. The normalized spacial score (nSPS) is 10.6. The molecule has 0 radical (unpaired) electrons. The molecule has 0 saturated carbocycles. The Kier molecular flexibility index (Phi) is 5.34. The minimum Gasteiger partial charge on any atom is -0.508 e. The summed E-state index contributed by atoms with van der Waals surface area (Å²) in [5.41, 5.74) is 2.44. The van der Waals surface area contributed by atoms with Crippen LogP contribution in [0, 0.1) is 0 Å². The summed E-state index contributed by atoms with van der Waals surface area (Å²) in [5, 5.41) is 9.76. The predicted molar refractivity (Wildman–Crippen MR) is 83.0 cm³/mol. The second kappa shape index (κ2) is 7.25. The highest BCUT2D eigenvalue weighted by molar-refractivity contribution is 7.99. The number of thioether (sulfide) groups is 1. The monoisotopic (exact) mass is 272 g/mol. The molecule has 1 N–H and O–H groups in total. The van der Waals surface area contributed by atoms with E-state index >= 15 is 0 Å². The first-order valence-electron chi connectivity index (χ1n) is 6.78. The minimum absolute atomic E-state index is 0.425. The minimum atomic E-state index is 0.425. The lowest BCUT2D eigenvalue weighted by Crippen LogP contribution is -1.89. The second-order valence-electron chi connectivity index (χ2n) is 4.62. The van der Waals surface area contributed by atoms with Gasteiger partial charge in [0.1, 0.15) is 5.75 Å². The van der Waals surface area contributed by atoms with Crippen molar-refractivity contribution in [1.82, 2.24) is 0 Å². The van der Waals surface area contributed by atoms with Crippen molar-refractivity contribution >= 4 is 11.8 Å². The smallest absolute Gasteiger partial charge is 0.118 e. The van der Waals surface area contributed by atoms with E-state index in [1.54, 1.807) is 0 Å². The molecule has 0 aliphatic heterocycles. The lowest BCUT2D eigenvalue weighted by molar-refractivity contribution is 0.467. The van der Waals surface area contributed by atoms with Crippen molar-refractivity contribution in [2.24, 2.45) is 0 Å². The molecule has 0 unspecified atom stereocenters. The molecule has 2 aromatic rings. The Morgan fingerprint density at radius 2 is 1.79 bits per heavy atom. The van der Waals surface area contributed by atoms with Crippen molar-refractivity contribution in [3.05, 3.63) is 59.7 Å². The van der Waals surface area contributed by atoms with E-state index < -0.39 is 0 Å². The second-order valence-corrected chi connectivity index (χ2v) is 5.79. The molecule has 2 aromatic carbocycles. The van der Waals surface area contributed by atoms with Crippen molar-refractivity contribution in [3.63, 3.8) is 0 Å². The van der Waals surface area contributed by atoms with Crippen LogP contribution in [0.15, 0.2) is 53.4 Å². The van der Waals surface area contributed by atoms with Gasteiger partial charge in [0.15, 0.2) is 0 Å². The fraction of sp³-hybridized carbons (Fsp3) is 0.294. The van der Waals surface area contributed by atoms with Gasteiger partial charge in [0.25, 0.3) is 0 Å². The highest BCUT2D eigenvalue weighted by Crippen LogP contribution is 2.26. The predicted octanol–water partition coefficient (Wildman–Crippen LogP) is 4.68. The molecular formula is C17H20OS. The number of hydrogen-bond donors (Lipinski definition) is 1. The Morgan fingerprint density at radius 3 is 2.53 bits per heavy atom. The Balaban J connectivity index is 1.91. The number of phenols is 1. The molecule has 0 heterocycles. The van der Waals surface area contributed by atoms with E-state index in [1.165, 1.54) is 10.5 Å². The lowest BCUT2D eigenvalue weighted by Gasteiger charge is -2.07. The molecule has 0 aliphatic carbocycles. The van der Waals surface area contributed by atoms with Crippen LogP contribution < -0.4 is 0 Å². The standard InChI is InChI=1S/C17H20OS/c1-2-6-15-13-16(9-10-17(15)18)19-12-11-14-7-4-3-5-8-14/h3-5,7-10,13,18H,2,6,11-12H2,1H3. The Labute approximate surface area is 119 Å². The molecule has 0 bridgehead atoms. The van der Waals surface area contributed by atoms with Crippen molar-refractivity contribution in [1.29, 1.82) is 0 Å². The van der Waals surface area contributed by atoms with Crippen LogP contribution in [0.3, 0.4) is 0 Å². The molecule has 19 heavy (non-hydrogen) atoms. The number of aromatic hydroxyl groups is 1. The molecule has 0 aliphatic rings. The largest absolute Gasteiger partial charge is 0.508 e. The molecule has 100 valence electrons. The average molecular weight is 272 g/mol. The molecule has 2 rings (SSSR count). The van der Waals surface area contributed by atoms with Crippen LogP contribution in [-0.4, -0.2) is 10.9 Å². The number of phenolic OH excluding ortho intramolecular Hbond substituents is 1. The van der Waals surface area contributed by atoms with E-state index in [2.05, 4.69) is 37.3 Å². The van der Waals surface area contributed by atoms with Crippen LogP contribution in [0.25, 0.3) is 0 Å². The SMILES string of the molecule is CCCc1cc(SCCc2ccccc2)ccc1O. The zero-order valence-corrected chi connectivity index (χ0v) is 12.1. The maximum absolute atomic E-state index is 9.76. The third-order valence-electron chi connectivity index (χ3n) is 3.07. The van der Waals surface area contributed by atoms with Crippen LogP contribution in [0.4, 0.5) is 0 Å². The summed E-state index contributed by atoms with van der Waals surface area (Å²) in [7, 11) is 0. The summed E-state index contributed by atoms with van der Waals surface area (Å²) >= 11 is 1.85. The van der Waals surface area contributed by atoms with Crippen LogP contribution in [0.2, 0.25) is 0 Å². The molecule has 2 heteroatoms. The topological polar surface area (TPSA) is 20.2 Å². The number of aryl methyl sites for hydroxylation is 2. The third-order valence-corrected chi connectivity index (χ3v) is 4.07. The van der Waals surface area contributed by atoms with E-state index in [0.717, 1.165) is 30.6 Å². The first-order valence-corrected chi connectivity index (χ1v) is 7.76. The summed E-state index contributed by atoms with van der Waals surface area (Å²) < 4.78 is 0. The van der Waals surface area contributed by atoms with Crippen LogP contribution in [0.5, 0.6) is 5.75 Å². The van der Waals surface area contributed by atoms with E-state index in [0.29, 0.717) is 5.75 Å². The quantitative estimate of drug-likeness (QED) is 0.770. The average Bonchev–Trinajstić information content (AvgIpc) is 2.44. The summed E-state index contributed by atoms with van der Waals surface area (Å²) in [4.78, 5) is 1.25. The van der Waals surface area contributed by atoms with Gasteiger partial charge in [-0.1, -0.05) is 43.7 Å². The summed E-state index contributed by atoms with van der Waals surface area (Å²) in [6.45, 7) is 2.13. The van der Waals surface area contributed by atoms with E-state index in [9.17, 15) is 5.11 Å². The Bertz CT molecular complexity index is 508. The molecule has 0 amide bonds. The maximum atomic E-state index is 9.76. The summed E-state index contributed by atoms with van der Waals surface area (Å²) in [6, 6.07) is 16.5. The number of rotatable bonds is 6. The molecule has 0 spiro atoms. The number of benzene rings is 2. The fourth-order valence-electron chi connectivity index (χ4n) is 2.05. The van der Waals surface area contributed by atoms with Gasteiger partial charge >= 0.3 is 0 Å². The van der Waals surface area contributed by atoms with Gasteiger partial charge in [0.2, 0.25) is 0 Å².